The van der Waals surface area contributed by atoms with Crippen LogP contribution in [0.4, 0.5) is 11.4 Å². The fourth-order valence-electron chi connectivity index (χ4n) is 3.03. The number of hydrogen-bond donors (Lipinski definition) is 1. The van der Waals surface area contributed by atoms with Gasteiger partial charge in [0, 0.05) is 23.3 Å². The van der Waals surface area contributed by atoms with E-state index in [4.69, 9.17) is 0 Å². The first kappa shape index (κ1) is 23.6. The van der Waals surface area contributed by atoms with Crippen LogP contribution < -0.4 is 9.73 Å². The Hall–Kier alpha value is -4.05. The van der Waals surface area contributed by atoms with Gasteiger partial charge in [0.15, 0.2) is 0 Å². The van der Waals surface area contributed by atoms with E-state index >= 15 is 0 Å². The molecule has 0 spiro atoms. The van der Waals surface area contributed by atoms with E-state index < -0.39 is 20.9 Å². The van der Waals surface area contributed by atoms with Crippen molar-refractivity contribution in [3.8, 4) is 0 Å². The molecule has 3 aromatic carbocycles. The zero-order valence-corrected chi connectivity index (χ0v) is 18.8. The molecule has 0 saturated carbocycles. The van der Waals surface area contributed by atoms with E-state index in [-0.39, 0.29) is 12.2 Å². The molecule has 0 saturated heterocycles. The molecule has 0 atom stereocenters. The molecule has 0 fully saturated rings. The lowest BCUT2D eigenvalue weighted by Gasteiger charge is -2.22. The zero-order valence-electron chi connectivity index (χ0n) is 18.0. The van der Waals surface area contributed by atoms with Gasteiger partial charge in [-0.1, -0.05) is 42.5 Å². The van der Waals surface area contributed by atoms with Gasteiger partial charge in [-0.05, 0) is 36.8 Å². The highest BCUT2D eigenvalue weighted by atomic mass is 32.2. The molecule has 1 amide bonds. The summed E-state index contributed by atoms with van der Waals surface area (Å²) in [5.41, 5.74) is 4.88. The third-order valence-electron chi connectivity index (χ3n) is 4.79. The van der Waals surface area contributed by atoms with Crippen molar-refractivity contribution in [3.63, 3.8) is 0 Å². The van der Waals surface area contributed by atoms with Crippen molar-refractivity contribution in [2.24, 2.45) is 5.10 Å². The molecule has 0 unspecified atom stereocenters. The van der Waals surface area contributed by atoms with E-state index in [9.17, 15) is 23.3 Å². The maximum absolute atomic E-state index is 12.4. The fourth-order valence-corrected chi connectivity index (χ4v) is 3.92. The topological polar surface area (TPSA) is 122 Å². The summed E-state index contributed by atoms with van der Waals surface area (Å²) in [6, 6.07) is 21.2. The van der Waals surface area contributed by atoms with Crippen molar-refractivity contribution < 1.29 is 18.1 Å². The van der Waals surface area contributed by atoms with Gasteiger partial charge in [-0.25, -0.2) is 13.8 Å². The molecule has 1 N–H and O–H groups in total. The van der Waals surface area contributed by atoms with E-state index in [1.54, 1.807) is 73.7 Å². The number of amides is 1. The number of sulfonamides is 1. The Bertz CT molecular complexity index is 1290. The third-order valence-corrected chi connectivity index (χ3v) is 5.93. The maximum atomic E-state index is 12.4. The number of hydrogen-bond acceptors (Lipinski definition) is 6. The largest absolute Gasteiger partial charge is 0.271 e. The van der Waals surface area contributed by atoms with Crippen LogP contribution in [0.3, 0.4) is 0 Å². The first-order valence-corrected chi connectivity index (χ1v) is 11.7. The van der Waals surface area contributed by atoms with Crippen LogP contribution in [-0.4, -0.2) is 31.2 Å². The Kier molecular flexibility index (Phi) is 7.19. The van der Waals surface area contributed by atoms with Crippen molar-refractivity contribution in [1.29, 1.82) is 0 Å². The zero-order chi connectivity index (χ0) is 24.0. The van der Waals surface area contributed by atoms with Crippen molar-refractivity contribution in [2.45, 2.75) is 13.5 Å². The van der Waals surface area contributed by atoms with E-state index in [2.05, 4.69) is 10.5 Å². The summed E-state index contributed by atoms with van der Waals surface area (Å²) in [5, 5.41) is 14.9. The Morgan fingerprint density at radius 3 is 2.27 bits per heavy atom. The molecule has 0 aliphatic carbocycles. The molecule has 0 radical (unpaired) electrons. The lowest BCUT2D eigenvalue weighted by Crippen LogP contribution is -2.29. The second-order valence-corrected chi connectivity index (χ2v) is 9.15. The van der Waals surface area contributed by atoms with Crippen LogP contribution in [0.2, 0.25) is 0 Å². The van der Waals surface area contributed by atoms with Gasteiger partial charge in [-0.2, -0.15) is 5.10 Å². The second kappa shape index (κ2) is 10.0. The van der Waals surface area contributed by atoms with Crippen LogP contribution in [0.15, 0.2) is 84.0 Å². The molecule has 0 aliphatic heterocycles. The van der Waals surface area contributed by atoms with Crippen molar-refractivity contribution in [2.75, 3.05) is 10.6 Å². The Morgan fingerprint density at radius 2 is 1.67 bits per heavy atom. The predicted molar refractivity (Wildman–Crippen MR) is 127 cm³/mol. The number of benzene rings is 3. The molecule has 10 heteroatoms. The second-order valence-electron chi connectivity index (χ2n) is 7.25. The SMILES string of the molecule is C/C(=N/NC(=O)c1ccc(CN(c2ccccc2)S(C)(=O)=O)cc1)c1cccc([N+](=O)[O-])c1. The minimum atomic E-state index is -3.50. The Balaban J connectivity index is 1.70. The van der Waals surface area contributed by atoms with Crippen molar-refractivity contribution >= 4 is 33.0 Å². The van der Waals surface area contributed by atoms with Gasteiger partial charge < -0.3 is 0 Å². The summed E-state index contributed by atoms with van der Waals surface area (Å²) >= 11 is 0. The van der Waals surface area contributed by atoms with Gasteiger partial charge in [0.25, 0.3) is 11.6 Å². The monoisotopic (exact) mass is 466 g/mol. The fraction of sp³-hybridized carbons (Fsp3) is 0.130. The number of non-ortho nitro benzene ring substituents is 1. The van der Waals surface area contributed by atoms with Crippen LogP contribution in [0.1, 0.15) is 28.4 Å². The molecule has 0 heterocycles. The summed E-state index contributed by atoms with van der Waals surface area (Å²) in [6.07, 6.45) is 1.14. The molecular weight excluding hydrogens is 444 g/mol. The number of nitro groups is 1. The molecule has 0 aliphatic rings. The summed E-state index contributed by atoms with van der Waals surface area (Å²) in [4.78, 5) is 22.9. The van der Waals surface area contributed by atoms with Crippen LogP contribution in [0.5, 0.6) is 0 Å². The molecule has 33 heavy (non-hydrogen) atoms. The quantitative estimate of drug-likeness (QED) is 0.308. The van der Waals surface area contributed by atoms with Gasteiger partial charge in [-0.3, -0.25) is 19.2 Å². The van der Waals surface area contributed by atoms with Gasteiger partial charge in [0.1, 0.15) is 0 Å². The number of para-hydroxylation sites is 1. The van der Waals surface area contributed by atoms with Gasteiger partial charge in [0.05, 0.1) is 29.1 Å². The highest BCUT2D eigenvalue weighted by molar-refractivity contribution is 7.92. The molecule has 9 nitrogen and oxygen atoms in total. The Morgan fingerprint density at radius 1 is 1.00 bits per heavy atom. The Labute approximate surface area is 191 Å². The maximum Gasteiger partial charge on any atom is 0.271 e. The summed E-state index contributed by atoms with van der Waals surface area (Å²) in [7, 11) is -3.50. The standard InChI is InChI=1S/C23H22N4O5S/c1-17(20-7-6-10-22(15-20)27(29)30)24-25-23(28)19-13-11-18(12-14-19)16-26(33(2,31)32)21-8-4-3-5-9-21/h3-15H,16H2,1-2H3,(H,25,28)/b24-17-. The number of carbonyl (C=O) groups excluding carboxylic acids is 1. The van der Waals surface area contributed by atoms with E-state index in [0.717, 1.165) is 6.26 Å². The third kappa shape index (κ3) is 6.23. The number of nitrogens with zero attached hydrogens (tertiary/aromatic N) is 3. The molecule has 3 rings (SSSR count). The molecule has 3 aromatic rings. The number of hydrazone groups is 1. The lowest BCUT2D eigenvalue weighted by atomic mass is 10.1. The normalized spacial score (nSPS) is 11.6. The smallest absolute Gasteiger partial charge is 0.267 e. The summed E-state index contributed by atoms with van der Waals surface area (Å²) in [5.74, 6) is -0.464. The number of nitro benzene ring substituents is 1. The number of rotatable bonds is 8. The van der Waals surface area contributed by atoms with Crippen LogP contribution in [0.25, 0.3) is 0 Å². The van der Waals surface area contributed by atoms with Gasteiger partial charge in [-0.15, -0.1) is 0 Å². The molecule has 170 valence electrons. The number of carbonyl (C=O) groups is 1. The van der Waals surface area contributed by atoms with Crippen LogP contribution >= 0.6 is 0 Å². The average molecular weight is 467 g/mol. The van der Waals surface area contributed by atoms with Gasteiger partial charge >= 0.3 is 0 Å². The van der Waals surface area contributed by atoms with E-state index in [0.29, 0.717) is 28.1 Å². The lowest BCUT2D eigenvalue weighted by molar-refractivity contribution is -0.384. The minimum absolute atomic E-state index is 0.0670. The van der Waals surface area contributed by atoms with Crippen molar-refractivity contribution in [3.05, 3.63) is 106 Å². The van der Waals surface area contributed by atoms with E-state index in [1.807, 2.05) is 0 Å². The number of anilines is 1. The highest BCUT2D eigenvalue weighted by Crippen LogP contribution is 2.20. The predicted octanol–water partition coefficient (Wildman–Crippen LogP) is 3.72. The first-order valence-electron chi connectivity index (χ1n) is 9.86. The number of nitrogens with one attached hydrogen (secondary N) is 1. The average Bonchev–Trinajstić information content (AvgIpc) is 2.81. The highest BCUT2D eigenvalue weighted by Gasteiger charge is 2.18. The van der Waals surface area contributed by atoms with Gasteiger partial charge in [0.2, 0.25) is 10.0 Å². The molecular formula is C23H22N4O5S. The van der Waals surface area contributed by atoms with E-state index in [1.165, 1.54) is 16.4 Å². The molecule has 0 aromatic heterocycles. The minimum Gasteiger partial charge on any atom is -0.267 e. The molecule has 0 bridgehead atoms. The van der Waals surface area contributed by atoms with Crippen LogP contribution in [0, 0.1) is 10.1 Å². The van der Waals surface area contributed by atoms with Crippen molar-refractivity contribution in [1.82, 2.24) is 5.43 Å². The summed E-state index contributed by atoms with van der Waals surface area (Å²) < 4.78 is 25.8. The first-order chi connectivity index (χ1) is 15.6. The summed E-state index contributed by atoms with van der Waals surface area (Å²) in [6.45, 7) is 1.75. The van der Waals surface area contributed by atoms with Crippen LogP contribution in [-0.2, 0) is 16.6 Å².